The molecule has 1 aliphatic rings. The summed E-state index contributed by atoms with van der Waals surface area (Å²) < 4.78 is 4.71. The van der Waals surface area contributed by atoms with E-state index in [-0.39, 0.29) is 11.9 Å². The van der Waals surface area contributed by atoms with E-state index in [9.17, 15) is 4.79 Å². The second-order valence-corrected chi connectivity index (χ2v) is 3.59. The van der Waals surface area contributed by atoms with Gasteiger partial charge in [0.2, 0.25) is 0 Å². The summed E-state index contributed by atoms with van der Waals surface area (Å²) in [6.45, 7) is 3.03. The van der Waals surface area contributed by atoms with Crippen LogP contribution in [0.3, 0.4) is 0 Å². The van der Waals surface area contributed by atoms with E-state index in [1.807, 2.05) is 0 Å². The number of rotatable bonds is 1. The van der Waals surface area contributed by atoms with Crippen LogP contribution >= 0.6 is 0 Å². The van der Waals surface area contributed by atoms with Crippen LogP contribution in [0.4, 0.5) is 0 Å². The predicted molar refractivity (Wildman–Crippen MR) is 46.8 cm³/mol. The van der Waals surface area contributed by atoms with Crippen molar-refractivity contribution in [1.29, 1.82) is 0 Å². The van der Waals surface area contributed by atoms with Crippen molar-refractivity contribution >= 4 is 5.97 Å². The van der Waals surface area contributed by atoms with Crippen LogP contribution < -0.4 is 0 Å². The van der Waals surface area contributed by atoms with Gasteiger partial charge in [-0.15, -0.1) is 0 Å². The molecule has 0 saturated carbocycles. The van der Waals surface area contributed by atoms with Crippen LogP contribution in [0.15, 0.2) is 0 Å². The molecule has 0 radical (unpaired) electrons. The molecule has 0 aromatic rings. The molecule has 0 aromatic heterocycles. The summed E-state index contributed by atoms with van der Waals surface area (Å²) in [5.74, 6) is 0.0324. The van der Waals surface area contributed by atoms with Crippen molar-refractivity contribution < 1.29 is 9.53 Å². The molecule has 70 valence electrons. The van der Waals surface area contributed by atoms with Crippen molar-refractivity contribution in [3.63, 3.8) is 0 Å². The molecule has 1 saturated heterocycles. The van der Waals surface area contributed by atoms with Gasteiger partial charge in [0.25, 0.3) is 0 Å². The third kappa shape index (κ3) is 1.97. The van der Waals surface area contributed by atoms with E-state index in [0.29, 0.717) is 6.04 Å². The average Bonchev–Trinajstić information content (AvgIpc) is 2.08. The van der Waals surface area contributed by atoms with E-state index in [2.05, 4.69) is 18.9 Å². The zero-order valence-electron chi connectivity index (χ0n) is 8.04. The second-order valence-electron chi connectivity index (χ2n) is 3.59. The Morgan fingerprint density at radius 2 is 2.17 bits per heavy atom. The molecular weight excluding hydrogens is 154 g/mol. The molecule has 3 nitrogen and oxygen atoms in total. The van der Waals surface area contributed by atoms with Gasteiger partial charge in [0.1, 0.15) is 0 Å². The topological polar surface area (TPSA) is 29.5 Å². The van der Waals surface area contributed by atoms with Crippen LogP contribution in [0.25, 0.3) is 0 Å². The van der Waals surface area contributed by atoms with E-state index in [1.54, 1.807) is 0 Å². The van der Waals surface area contributed by atoms with Crippen molar-refractivity contribution in [3.8, 4) is 0 Å². The standard InChI is InChI=1S/C9H17NO2/c1-7-4-5-8(6-10(7)2)9(11)12-3/h7-8H,4-6H2,1-3H3. The average molecular weight is 171 g/mol. The Morgan fingerprint density at radius 1 is 1.50 bits per heavy atom. The molecule has 1 aliphatic heterocycles. The van der Waals surface area contributed by atoms with Crippen LogP contribution in [0.1, 0.15) is 19.8 Å². The highest BCUT2D eigenvalue weighted by atomic mass is 16.5. The van der Waals surface area contributed by atoms with E-state index >= 15 is 0 Å². The normalized spacial score (nSPS) is 31.6. The van der Waals surface area contributed by atoms with E-state index in [0.717, 1.165) is 19.4 Å². The lowest BCUT2D eigenvalue weighted by molar-refractivity contribution is -0.147. The zero-order chi connectivity index (χ0) is 9.14. The largest absolute Gasteiger partial charge is 0.469 e. The van der Waals surface area contributed by atoms with Crippen molar-refractivity contribution in [2.75, 3.05) is 20.7 Å². The summed E-state index contributed by atoms with van der Waals surface area (Å²) in [6.07, 6.45) is 2.06. The molecular formula is C9H17NO2. The SMILES string of the molecule is COC(=O)C1CCC(C)N(C)C1. The Hall–Kier alpha value is -0.570. The Morgan fingerprint density at radius 3 is 2.67 bits per heavy atom. The summed E-state index contributed by atoms with van der Waals surface area (Å²) in [7, 11) is 3.51. The fourth-order valence-electron chi connectivity index (χ4n) is 1.64. The Bertz CT molecular complexity index is 170. The van der Waals surface area contributed by atoms with Gasteiger partial charge >= 0.3 is 5.97 Å². The minimum Gasteiger partial charge on any atom is -0.469 e. The third-order valence-electron chi connectivity index (χ3n) is 2.73. The quantitative estimate of drug-likeness (QED) is 0.549. The summed E-state index contributed by atoms with van der Waals surface area (Å²) >= 11 is 0. The van der Waals surface area contributed by atoms with Crippen molar-refractivity contribution in [1.82, 2.24) is 4.90 Å². The van der Waals surface area contributed by atoms with E-state index in [1.165, 1.54) is 7.11 Å². The molecule has 12 heavy (non-hydrogen) atoms. The van der Waals surface area contributed by atoms with Crippen LogP contribution in [-0.2, 0) is 9.53 Å². The zero-order valence-corrected chi connectivity index (χ0v) is 8.04. The molecule has 1 heterocycles. The molecule has 0 bridgehead atoms. The van der Waals surface area contributed by atoms with Crippen molar-refractivity contribution in [2.45, 2.75) is 25.8 Å². The number of hydrogen-bond donors (Lipinski definition) is 0. The maximum Gasteiger partial charge on any atom is 0.309 e. The summed E-state index contributed by atoms with van der Waals surface area (Å²) in [4.78, 5) is 13.4. The summed E-state index contributed by atoms with van der Waals surface area (Å²) in [5.41, 5.74) is 0. The molecule has 2 atom stereocenters. The first-order chi connectivity index (χ1) is 5.65. The van der Waals surface area contributed by atoms with Crippen LogP contribution in [0, 0.1) is 5.92 Å². The lowest BCUT2D eigenvalue weighted by atomic mass is 9.94. The molecule has 0 aromatic carbocycles. The highest BCUT2D eigenvalue weighted by Gasteiger charge is 2.27. The van der Waals surface area contributed by atoms with Crippen LogP contribution in [-0.4, -0.2) is 37.6 Å². The highest BCUT2D eigenvalue weighted by Crippen LogP contribution is 2.20. The first-order valence-corrected chi connectivity index (χ1v) is 4.43. The number of carbonyl (C=O) groups excluding carboxylic acids is 1. The number of methoxy groups -OCH3 is 1. The minimum absolute atomic E-state index is 0.0613. The maximum absolute atomic E-state index is 11.2. The number of likely N-dealkylation sites (tertiary alicyclic amines) is 1. The Labute approximate surface area is 73.7 Å². The van der Waals surface area contributed by atoms with E-state index in [4.69, 9.17) is 4.74 Å². The summed E-state index contributed by atoms with van der Waals surface area (Å²) in [5, 5.41) is 0. The fraction of sp³-hybridized carbons (Fsp3) is 0.889. The lowest BCUT2D eigenvalue weighted by Gasteiger charge is -2.33. The monoisotopic (exact) mass is 171 g/mol. The minimum atomic E-state index is -0.0613. The van der Waals surface area contributed by atoms with Gasteiger partial charge < -0.3 is 9.64 Å². The fourth-order valence-corrected chi connectivity index (χ4v) is 1.64. The number of piperidine rings is 1. The van der Waals surface area contributed by atoms with Gasteiger partial charge in [0, 0.05) is 12.6 Å². The third-order valence-corrected chi connectivity index (χ3v) is 2.73. The molecule has 0 spiro atoms. The van der Waals surface area contributed by atoms with Gasteiger partial charge in [0.05, 0.1) is 13.0 Å². The Kier molecular flexibility index (Phi) is 3.09. The highest BCUT2D eigenvalue weighted by molar-refractivity contribution is 5.72. The number of carbonyl (C=O) groups is 1. The molecule has 0 amide bonds. The first kappa shape index (κ1) is 9.52. The molecule has 0 N–H and O–H groups in total. The van der Waals surface area contributed by atoms with Gasteiger partial charge in [-0.2, -0.15) is 0 Å². The molecule has 1 rings (SSSR count). The first-order valence-electron chi connectivity index (χ1n) is 4.43. The molecule has 3 heteroatoms. The number of esters is 1. The number of nitrogens with zero attached hydrogens (tertiary/aromatic N) is 1. The van der Waals surface area contributed by atoms with Gasteiger partial charge in [-0.25, -0.2) is 0 Å². The predicted octanol–water partition coefficient (Wildman–Crippen LogP) is 0.890. The van der Waals surface area contributed by atoms with E-state index < -0.39 is 0 Å². The molecule has 1 fully saturated rings. The number of ether oxygens (including phenoxy) is 1. The van der Waals surface area contributed by atoms with Crippen LogP contribution in [0.5, 0.6) is 0 Å². The second kappa shape index (κ2) is 3.90. The smallest absolute Gasteiger partial charge is 0.309 e. The van der Waals surface area contributed by atoms with Gasteiger partial charge in [0.15, 0.2) is 0 Å². The Balaban J connectivity index is 2.45. The van der Waals surface area contributed by atoms with Gasteiger partial charge in [-0.05, 0) is 26.8 Å². The maximum atomic E-state index is 11.2. The summed E-state index contributed by atoms with van der Waals surface area (Å²) in [6, 6.07) is 0.603. The number of hydrogen-bond acceptors (Lipinski definition) is 3. The van der Waals surface area contributed by atoms with Gasteiger partial charge in [-0.1, -0.05) is 0 Å². The van der Waals surface area contributed by atoms with Crippen molar-refractivity contribution in [2.24, 2.45) is 5.92 Å². The molecule has 0 aliphatic carbocycles. The molecule has 2 unspecified atom stereocenters. The van der Waals surface area contributed by atoms with Crippen molar-refractivity contribution in [3.05, 3.63) is 0 Å². The van der Waals surface area contributed by atoms with Gasteiger partial charge in [-0.3, -0.25) is 4.79 Å². The van der Waals surface area contributed by atoms with Crippen LogP contribution in [0.2, 0.25) is 0 Å². The lowest BCUT2D eigenvalue weighted by Crippen LogP contribution is -2.41.